The molecular weight excluding hydrogens is 338 g/mol. The average Bonchev–Trinajstić information content (AvgIpc) is 3.00. The molecule has 6 rings (SSSR count). The van der Waals surface area contributed by atoms with Crippen molar-refractivity contribution in [2.75, 3.05) is 12.4 Å². The molecule has 2 aliphatic heterocycles. The summed E-state index contributed by atoms with van der Waals surface area (Å²) >= 11 is 1.93. The summed E-state index contributed by atoms with van der Waals surface area (Å²) < 4.78 is 8.50. The fourth-order valence-corrected chi connectivity index (χ4v) is 5.58. The first kappa shape index (κ1) is 14.5. The van der Waals surface area contributed by atoms with Gasteiger partial charge in [0.25, 0.3) is 0 Å². The molecule has 3 heterocycles. The maximum atomic E-state index is 6.16. The topological polar surface area (TPSA) is 14.2 Å². The lowest BCUT2D eigenvalue weighted by atomic mass is 9.87. The van der Waals surface area contributed by atoms with Gasteiger partial charge in [-0.15, -0.1) is 11.8 Å². The van der Waals surface area contributed by atoms with Crippen LogP contribution >= 0.6 is 11.8 Å². The molecule has 0 saturated carbocycles. The van der Waals surface area contributed by atoms with Crippen molar-refractivity contribution in [1.29, 1.82) is 0 Å². The van der Waals surface area contributed by atoms with E-state index in [-0.39, 0.29) is 0 Å². The molecule has 4 aromatic rings. The van der Waals surface area contributed by atoms with Gasteiger partial charge in [0.05, 0.1) is 5.03 Å². The molecule has 0 saturated heterocycles. The second-order valence-corrected chi connectivity index (χ2v) is 7.94. The van der Waals surface area contributed by atoms with Gasteiger partial charge in [0, 0.05) is 34.8 Å². The van der Waals surface area contributed by atoms with Gasteiger partial charge in [-0.05, 0) is 34.1 Å². The molecule has 126 valence electrons. The number of rotatable bonds is 0. The molecule has 0 aliphatic carbocycles. The summed E-state index contributed by atoms with van der Waals surface area (Å²) in [6, 6.07) is 21.7. The number of fused-ring (bicyclic) bond motifs is 8. The van der Waals surface area contributed by atoms with Crippen molar-refractivity contribution < 1.29 is 4.74 Å². The van der Waals surface area contributed by atoms with Crippen LogP contribution in [0.25, 0.3) is 27.2 Å². The standard InChI is InChI=1S/C23H17NOS/c1-24-18-9-5-4-8-17(18)22-20-15(13-26-23(22)24)12-25-19-11-10-14-6-2-3-7-16(14)21(19)20/h2-11H,12-13H2,1H3. The van der Waals surface area contributed by atoms with E-state index in [1.807, 2.05) is 11.8 Å². The Morgan fingerprint density at radius 3 is 2.62 bits per heavy atom. The van der Waals surface area contributed by atoms with E-state index >= 15 is 0 Å². The highest BCUT2D eigenvalue weighted by Crippen LogP contribution is 2.50. The second kappa shape index (κ2) is 5.18. The first-order chi connectivity index (χ1) is 12.8. The molecule has 2 nitrogen and oxygen atoms in total. The molecule has 0 fully saturated rings. The van der Waals surface area contributed by atoms with Crippen LogP contribution in [0.5, 0.6) is 5.75 Å². The van der Waals surface area contributed by atoms with E-state index in [1.54, 1.807) is 0 Å². The summed E-state index contributed by atoms with van der Waals surface area (Å²) in [6.45, 7) is 0.691. The Hall–Kier alpha value is -2.65. The number of aryl methyl sites for hydroxylation is 1. The lowest BCUT2D eigenvalue weighted by Gasteiger charge is -2.29. The molecular formula is C23H17NOS. The van der Waals surface area contributed by atoms with Crippen molar-refractivity contribution >= 4 is 39.0 Å². The lowest BCUT2D eigenvalue weighted by Crippen LogP contribution is -2.17. The van der Waals surface area contributed by atoms with Crippen molar-refractivity contribution in [2.45, 2.75) is 5.03 Å². The Bertz CT molecular complexity index is 1250. The largest absolute Gasteiger partial charge is 0.489 e. The Labute approximate surface area is 156 Å². The van der Waals surface area contributed by atoms with Gasteiger partial charge in [0.2, 0.25) is 0 Å². The smallest absolute Gasteiger partial charge is 0.128 e. The van der Waals surface area contributed by atoms with Crippen molar-refractivity contribution in [2.24, 2.45) is 7.05 Å². The van der Waals surface area contributed by atoms with Crippen molar-refractivity contribution in [1.82, 2.24) is 4.57 Å². The zero-order valence-corrected chi connectivity index (χ0v) is 15.3. The molecule has 0 spiro atoms. The van der Waals surface area contributed by atoms with E-state index in [1.165, 1.54) is 49.0 Å². The Morgan fingerprint density at radius 1 is 0.885 bits per heavy atom. The van der Waals surface area contributed by atoms with Gasteiger partial charge in [-0.25, -0.2) is 0 Å². The summed E-state index contributed by atoms with van der Waals surface area (Å²) in [5.41, 5.74) is 6.75. The summed E-state index contributed by atoms with van der Waals surface area (Å²) in [6.07, 6.45) is 0. The third-order valence-electron chi connectivity index (χ3n) is 5.58. The third-order valence-corrected chi connectivity index (χ3v) is 6.83. The minimum absolute atomic E-state index is 0.691. The maximum absolute atomic E-state index is 6.16. The fourth-order valence-electron chi connectivity index (χ4n) is 4.40. The molecule has 26 heavy (non-hydrogen) atoms. The van der Waals surface area contributed by atoms with Crippen LogP contribution in [-0.4, -0.2) is 16.9 Å². The van der Waals surface area contributed by atoms with Gasteiger partial charge < -0.3 is 9.30 Å². The molecule has 0 amide bonds. The first-order valence-corrected chi connectivity index (χ1v) is 9.89. The Morgan fingerprint density at radius 2 is 1.69 bits per heavy atom. The SMILES string of the molecule is Cn1c2c(c3ccccc31)C1=C(COc3ccc4ccccc4c31)CS2. The predicted molar refractivity (Wildman–Crippen MR) is 109 cm³/mol. The van der Waals surface area contributed by atoms with Gasteiger partial charge in [0.15, 0.2) is 0 Å². The fraction of sp³-hybridized carbons (Fsp3) is 0.130. The summed E-state index contributed by atoms with van der Waals surface area (Å²) in [7, 11) is 2.18. The van der Waals surface area contributed by atoms with Crippen LogP contribution in [0.15, 0.2) is 71.3 Å². The van der Waals surface area contributed by atoms with Crippen LogP contribution in [0.1, 0.15) is 11.1 Å². The average molecular weight is 355 g/mol. The van der Waals surface area contributed by atoms with Crippen molar-refractivity contribution in [3.8, 4) is 5.75 Å². The van der Waals surface area contributed by atoms with Crippen LogP contribution in [0, 0.1) is 0 Å². The maximum Gasteiger partial charge on any atom is 0.128 e. The number of thioether (sulfide) groups is 1. The monoisotopic (exact) mass is 355 g/mol. The summed E-state index contributed by atoms with van der Waals surface area (Å²) in [5, 5.41) is 5.25. The van der Waals surface area contributed by atoms with Gasteiger partial charge in [-0.1, -0.05) is 48.5 Å². The molecule has 2 aliphatic rings. The molecule has 3 aromatic carbocycles. The van der Waals surface area contributed by atoms with Gasteiger partial charge >= 0.3 is 0 Å². The molecule has 0 radical (unpaired) electrons. The number of hydrogen-bond donors (Lipinski definition) is 0. The van der Waals surface area contributed by atoms with Crippen molar-refractivity contribution in [3.05, 3.63) is 77.4 Å². The number of para-hydroxylation sites is 1. The number of ether oxygens (including phenoxy) is 1. The number of nitrogens with zero attached hydrogens (tertiary/aromatic N) is 1. The normalized spacial score (nSPS) is 15.6. The second-order valence-electron chi connectivity index (χ2n) is 6.97. The minimum Gasteiger partial charge on any atom is -0.489 e. The van der Waals surface area contributed by atoms with Gasteiger partial charge in [-0.3, -0.25) is 0 Å². The molecule has 0 atom stereocenters. The molecule has 0 unspecified atom stereocenters. The summed E-state index contributed by atoms with van der Waals surface area (Å²) in [5.74, 6) is 2.00. The molecule has 0 bridgehead atoms. The Balaban J connectivity index is 1.78. The van der Waals surface area contributed by atoms with Crippen LogP contribution in [-0.2, 0) is 7.05 Å². The van der Waals surface area contributed by atoms with Gasteiger partial charge in [-0.2, -0.15) is 0 Å². The first-order valence-electron chi connectivity index (χ1n) is 8.90. The van der Waals surface area contributed by atoms with E-state index in [4.69, 9.17) is 4.74 Å². The zero-order valence-electron chi connectivity index (χ0n) is 14.5. The van der Waals surface area contributed by atoms with Gasteiger partial charge in [0.1, 0.15) is 12.4 Å². The lowest BCUT2D eigenvalue weighted by molar-refractivity contribution is 0.347. The van der Waals surface area contributed by atoms with Crippen LogP contribution < -0.4 is 4.74 Å². The highest BCUT2D eigenvalue weighted by Gasteiger charge is 2.32. The molecule has 0 N–H and O–H groups in total. The zero-order chi connectivity index (χ0) is 17.3. The highest BCUT2D eigenvalue weighted by molar-refractivity contribution is 7.99. The Kier molecular flexibility index (Phi) is 2.89. The summed E-state index contributed by atoms with van der Waals surface area (Å²) in [4.78, 5) is 0. The van der Waals surface area contributed by atoms with Crippen LogP contribution in [0.3, 0.4) is 0 Å². The number of hydrogen-bond acceptors (Lipinski definition) is 2. The van der Waals surface area contributed by atoms with E-state index < -0.39 is 0 Å². The van der Waals surface area contributed by atoms with E-state index in [0.717, 1.165) is 11.5 Å². The third kappa shape index (κ3) is 1.79. The molecule has 3 heteroatoms. The quantitative estimate of drug-likeness (QED) is 0.406. The van der Waals surface area contributed by atoms with E-state index in [9.17, 15) is 0 Å². The number of benzene rings is 3. The van der Waals surface area contributed by atoms with E-state index in [2.05, 4.69) is 72.3 Å². The van der Waals surface area contributed by atoms with Crippen molar-refractivity contribution in [3.63, 3.8) is 0 Å². The predicted octanol–water partition coefficient (Wildman–Crippen LogP) is 5.63. The van der Waals surface area contributed by atoms with E-state index in [0.29, 0.717) is 6.61 Å². The number of aromatic nitrogens is 1. The van der Waals surface area contributed by atoms with Crippen LogP contribution in [0.2, 0.25) is 0 Å². The van der Waals surface area contributed by atoms with Crippen LogP contribution in [0.4, 0.5) is 0 Å². The molecule has 1 aromatic heterocycles. The highest BCUT2D eigenvalue weighted by atomic mass is 32.2. The minimum atomic E-state index is 0.691.